The minimum Gasteiger partial charge on any atom is -0.482 e. The monoisotopic (exact) mass is 440 g/mol. The van der Waals surface area contributed by atoms with E-state index in [4.69, 9.17) is 21.4 Å². The van der Waals surface area contributed by atoms with Gasteiger partial charge in [0.1, 0.15) is 5.75 Å². The molecule has 0 fully saturated rings. The Kier molecular flexibility index (Phi) is 8.29. The lowest BCUT2D eigenvalue weighted by atomic mass is 10.1. The van der Waals surface area contributed by atoms with Crippen LogP contribution in [0.25, 0.3) is 0 Å². The molecule has 1 atom stereocenters. The molecule has 0 bridgehead atoms. The molecule has 0 saturated carbocycles. The Morgan fingerprint density at radius 2 is 1.68 bits per heavy atom. The van der Waals surface area contributed by atoms with Crippen LogP contribution in [-0.4, -0.2) is 35.9 Å². The van der Waals surface area contributed by atoms with Gasteiger partial charge in [0, 0.05) is 22.9 Å². The van der Waals surface area contributed by atoms with Crippen LogP contribution in [0.4, 0.5) is 11.4 Å². The molecule has 0 aliphatic heterocycles. The highest BCUT2D eigenvalue weighted by atomic mass is 35.5. The number of benzene rings is 3. The minimum atomic E-state index is -1.00. The standard InChI is InChI=1S/C24H25ClN2O4/c25-19-3-1-2-18(14-19)23(28)15-26-13-12-17-4-6-20(7-5-17)27-21-8-10-22(11-9-21)31-16-24(29)30/h1-11,14,23,26-28H,12-13,15-16H2,(H,29,30). The zero-order valence-electron chi connectivity index (χ0n) is 16.9. The fourth-order valence-corrected chi connectivity index (χ4v) is 3.20. The third kappa shape index (κ3) is 7.61. The van der Waals surface area contributed by atoms with E-state index < -0.39 is 12.1 Å². The zero-order valence-corrected chi connectivity index (χ0v) is 17.7. The van der Waals surface area contributed by atoms with Gasteiger partial charge in [-0.25, -0.2) is 4.79 Å². The third-order valence-corrected chi connectivity index (χ3v) is 4.86. The van der Waals surface area contributed by atoms with Gasteiger partial charge in [-0.15, -0.1) is 0 Å². The van der Waals surface area contributed by atoms with Crippen molar-refractivity contribution in [3.63, 3.8) is 0 Å². The van der Waals surface area contributed by atoms with Gasteiger partial charge < -0.3 is 25.6 Å². The van der Waals surface area contributed by atoms with E-state index in [0.717, 1.165) is 29.9 Å². The summed E-state index contributed by atoms with van der Waals surface area (Å²) in [4.78, 5) is 10.5. The summed E-state index contributed by atoms with van der Waals surface area (Å²) in [5.41, 5.74) is 3.82. The van der Waals surface area contributed by atoms with Crippen LogP contribution in [0.5, 0.6) is 5.75 Å². The number of aliphatic carboxylic acids is 1. The van der Waals surface area contributed by atoms with Crippen molar-refractivity contribution in [1.82, 2.24) is 5.32 Å². The maximum absolute atomic E-state index is 10.5. The van der Waals surface area contributed by atoms with Crippen LogP contribution in [0.15, 0.2) is 72.8 Å². The van der Waals surface area contributed by atoms with E-state index in [-0.39, 0.29) is 6.61 Å². The number of aliphatic hydroxyl groups excluding tert-OH is 1. The second kappa shape index (κ2) is 11.4. The predicted molar refractivity (Wildman–Crippen MR) is 122 cm³/mol. The van der Waals surface area contributed by atoms with Gasteiger partial charge in [-0.1, -0.05) is 35.9 Å². The quantitative estimate of drug-likeness (QED) is 0.330. The van der Waals surface area contributed by atoms with Crippen LogP contribution in [0.1, 0.15) is 17.2 Å². The van der Waals surface area contributed by atoms with E-state index in [1.54, 1.807) is 24.3 Å². The molecule has 0 radical (unpaired) electrons. The van der Waals surface area contributed by atoms with E-state index in [1.807, 2.05) is 36.4 Å². The van der Waals surface area contributed by atoms with E-state index >= 15 is 0 Å². The van der Waals surface area contributed by atoms with Crippen molar-refractivity contribution in [2.45, 2.75) is 12.5 Å². The number of halogens is 1. The van der Waals surface area contributed by atoms with Gasteiger partial charge in [0.15, 0.2) is 6.61 Å². The lowest BCUT2D eigenvalue weighted by Crippen LogP contribution is -2.23. The van der Waals surface area contributed by atoms with Crippen LogP contribution in [0.2, 0.25) is 5.02 Å². The smallest absolute Gasteiger partial charge is 0.341 e. The molecule has 0 heterocycles. The van der Waals surface area contributed by atoms with Crippen molar-refractivity contribution in [3.8, 4) is 5.75 Å². The van der Waals surface area contributed by atoms with Gasteiger partial charge in [-0.2, -0.15) is 0 Å². The van der Waals surface area contributed by atoms with Gasteiger partial charge in [0.25, 0.3) is 0 Å². The summed E-state index contributed by atoms with van der Waals surface area (Å²) < 4.78 is 5.13. The summed E-state index contributed by atoms with van der Waals surface area (Å²) in [7, 11) is 0. The first-order chi connectivity index (χ1) is 15.0. The summed E-state index contributed by atoms with van der Waals surface area (Å²) in [6.45, 7) is 0.858. The van der Waals surface area contributed by atoms with Crippen molar-refractivity contribution >= 4 is 28.9 Å². The molecule has 0 saturated heterocycles. The Labute approximate surface area is 186 Å². The molecule has 1 unspecified atom stereocenters. The molecule has 7 heteroatoms. The van der Waals surface area contributed by atoms with Crippen molar-refractivity contribution < 1.29 is 19.7 Å². The van der Waals surface area contributed by atoms with Crippen LogP contribution in [0, 0.1) is 0 Å². The maximum Gasteiger partial charge on any atom is 0.341 e. The summed E-state index contributed by atoms with van der Waals surface area (Å²) in [6.07, 6.45) is 0.254. The fraction of sp³-hybridized carbons (Fsp3) is 0.208. The molecule has 6 nitrogen and oxygen atoms in total. The SMILES string of the molecule is O=C(O)COc1ccc(Nc2ccc(CCNCC(O)c3cccc(Cl)c3)cc2)cc1. The molecule has 0 spiro atoms. The first kappa shape index (κ1) is 22.6. The zero-order chi connectivity index (χ0) is 22.1. The highest BCUT2D eigenvalue weighted by Gasteiger charge is 2.07. The van der Waals surface area contributed by atoms with Crippen molar-refractivity contribution in [2.75, 3.05) is 25.0 Å². The number of nitrogens with one attached hydrogen (secondary N) is 2. The van der Waals surface area contributed by atoms with Crippen LogP contribution in [0.3, 0.4) is 0 Å². The topological polar surface area (TPSA) is 90.8 Å². The normalized spacial score (nSPS) is 11.7. The number of rotatable bonds is 11. The van der Waals surface area contributed by atoms with Crippen LogP contribution in [-0.2, 0) is 11.2 Å². The second-order valence-corrected chi connectivity index (χ2v) is 7.49. The van der Waals surface area contributed by atoms with E-state index in [0.29, 0.717) is 17.3 Å². The predicted octanol–water partition coefficient (Wildman–Crippen LogP) is 4.41. The minimum absolute atomic E-state index is 0.358. The fourth-order valence-electron chi connectivity index (χ4n) is 3.00. The number of aliphatic hydroxyl groups is 1. The average molecular weight is 441 g/mol. The van der Waals surface area contributed by atoms with Crippen molar-refractivity contribution in [3.05, 3.63) is 88.9 Å². The highest BCUT2D eigenvalue weighted by molar-refractivity contribution is 6.30. The first-order valence-corrected chi connectivity index (χ1v) is 10.3. The Hall–Kier alpha value is -3.06. The molecular weight excluding hydrogens is 416 g/mol. The lowest BCUT2D eigenvalue weighted by molar-refractivity contribution is -0.139. The number of carbonyl (C=O) groups is 1. The van der Waals surface area contributed by atoms with E-state index in [2.05, 4.69) is 22.8 Å². The van der Waals surface area contributed by atoms with Crippen molar-refractivity contribution in [2.24, 2.45) is 0 Å². The van der Waals surface area contributed by atoms with Crippen LogP contribution >= 0.6 is 11.6 Å². The van der Waals surface area contributed by atoms with Gasteiger partial charge >= 0.3 is 5.97 Å². The average Bonchev–Trinajstić information content (AvgIpc) is 2.77. The largest absolute Gasteiger partial charge is 0.482 e. The summed E-state index contributed by atoms with van der Waals surface area (Å²) in [5, 5.41) is 26.1. The molecule has 3 rings (SSSR count). The Bertz CT molecular complexity index is 978. The van der Waals surface area contributed by atoms with Gasteiger partial charge in [-0.05, 0) is 72.6 Å². The molecule has 3 aromatic carbocycles. The molecule has 4 N–H and O–H groups in total. The Morgan fingerprint density at radius 3 is 2.32 bits per heavy atom. The maximum atomic E-state index is 10.5. The molecule has 0 aromatic heterocycles. The summed E-state index contributed by atoms with van der Waals surface area (Å²) >= 11 is 5.96. The van der Waals surface area contributed by atoms with Gasteiger partial charge in [0.05, 0.1) is 6.10 Å². The number of carboxylic acid groups (broad SMARTS) is 1. The van der Waals surface area contributed by atoms with Gasteiger partial charge in [0.2, 0.25) is 0 Å². The summed E-state index contributed by atoms with van der Waals surface area (Å²) in [5.74, 6) is -0.494. The first-order valence-electron chi connectivity index (χ1n) is 9.94. The third-order valence-electron chi connectivity index (χ3n) is 4.62. The van der Waals surface area contributed by atoms with E-state index in [9.17, 15) is 9.90 Å². The Balaban J connectivity index is 1.41. The van der Waals surface area contributed by atoms with Crippen molar-refractivity contribution in [1.29, 1.82) is 0 Å². The van der Waals surface area contributed by atoms with Crippen LogP contribution < -0.4 is 15.4 Å². The Morgan fingerprint density at radius 1 is 1.00 bits per heavy atom. The highest BCUT2D eigenvalue weighted by Crippen LogP contribution is 2.21. The number of ether oxygens (including phenoxy) is 1. The molecule has 0 aliphatic carbocycles. The number of hydrogen-bond donors (Lipinski definition) is 4. The molecular formula is C24H25ClN2O4. The molecule has 31 heavy (non-hydrogen) atoms. The number of anilines is 2. The lowest BCUT2D eigenvalue weighted by Gasteiger charge is -2.13. The number of carboxylic acids is 1. The molecule has 162 valence electrons. The second-order valence-electron chi connectivity index (χ2n) is 7.05. The molecule has 3 aromatic rings. The van der Waals surface area contributed by atoms with Gasteiger partial charge in [-0.3, -0.25) is 0 Å². The summed E-state index contributed by atoms with van der Waals surface area (Å²) in [6, 6.07) is 22.5. The number of hydrogen-bond acceptors (Lipinski definition) is 5. The molecule has 0 amide bonds. The molecule has 0 aliphatic rings. The van der Waals surface area contributed by atoms with E-state index in [1.165, 1.54) is 5.56 Å².